The Kier molecular flexibility index (Phi) is 3.09. The molecule has 0 aliphatic heterocycles. The summed E-state index contributed by atoms with van der Waals surface area (Å²) < 4.78 is 2.70. The summed E-state index contributed by atoms with van der Waals surface area (Å²) in [5, 5.41) is 0.584. The van der Waals surface area contributed by atoms with Crippen LogP contribution >= 0.6 is 0 Å². The van der Waals surface area contributed by atoms with Crippen molar-refractivity contribution in [2.45, 2.75) is 26.4 Å². The predicted octanol–water partition coefficient (Wildman–Crippen LogP) is 0.356. The summed E-state index contributed by atoms with van der Waals surface area (Å²) in [6.45, 7) is 3.87. The predicted molar refractivity (Wildman–Crippen MR) is 71.8 cm³/mol. The summed E-state index contributed by atoms with van der Waals surface area (Å²) in [7, 11) is 1.67. The van der Waals surface area contributed by atoms with Crippen molar-refractivity contribution in [2.24, 2.45) is 12.8 Å². The van der Waals surface area contributed by atoms with E-state index in [1.54, 1.807) is 20.0 Å². The molecule has 2 rings (SSSR count). The first-order chi connectivity index (χ1) is 8.43. The molecule has 0 saturated carbocycles. The SMILES string of the molecule is Cc1cccc2c1c(=O)n(CC(C)N)c(=O)n2C. The number of aromatic nitrogens is 2. The smallest absolute Gasteiger partial charge is 0.326 e. The maximum atomic E-state index is 12.4. The van der Waals surface area contributed by atoms with Crippen molar-refractivity contribution in [3.63, 3.8) is 0 Å². The van der Waals surface area contributed by atoms with Crippen LogP contribution in [0.4, 0.5) is 0 Å². The Bertz CT molecular complexity index is 710. The topological polar surface area (TPSA) is 70.0 Å². The second-order valence-corrected chi connectivity index (χ2v) is 4.70. The fraction of sp³-hybridized carbons (Fsp3) is 0.385. The first kappa shape index (κ1) is 12.6. The van der Waals surface area contributed by atoms with Crippen LogP contribution in [0.25, 0.3) is 10.9 Å². The molecule has 0 saturated heterocycles. The van der Waals surface area contributed by atoms with E-state index in [-0.39, 0.29) is 23.8 Å². The van der Waals surface area contributed by atoms with E-state index in [0.717, 1.165) is 5.56 Å². The molecule has 18 heavy (non-hydrogen) atoms. The van der Waals surface area contributed by atoms with E-state index >= 15 is 0 Å². The van der Waals surface area contributed by atoms with Crippen LogP contribution in [-0.4, -0.2) is 15.2 Å². The van der Waals surface area contributed by atoms with Crippen LogP contribution < -0.4 is 17.0 Å². The van der Waals surface area contributed by atoms with E-state index in [0.29, 0.717) is 10.9 Å². The molecule has 96 valence electrons. The lowest BCUT2D eigenvalue weighted by Gasteiger charge is -2.13. The molecule has 5 nitrogen and oxygen atoms in total. The zero-order valence-corrected chi connectivity index (χ0v) is 10.8. The third-order valence-electron chi connectivity index (χ3n) is 3.06. The van der Waals surface area contributed by atoms with Crippen LogP contribution in [0.15, 0.2) is 27.8 Å². The Morgan fingerprint density at radius 1 is 1.33 bits per heavy atom. The van der Waals surface area contributed by atoms with E-state index in [9.17, 15) is 9.59 Å². The molecule has 2 aromatic rings. The van der Waals surface area contributed by atoms with Gasteiger partial charge >= 0.3 is 5.69 Å². The van der Waals surface area contributed by atoms with E-state index in [1.807, 2.05) is 19.1 Å². The molecule has 0 radical (unpaired) electrons. The van der Waals surface area contributed by atoms with Gasteiger partial charge in [0.05, 0.1) is 10.9 Å². The third kappa shape index (κ3) is 1.86. The van der Waals surface area contributed by atoms with Gasteiger partial charge in [-0.3, -0.25) is 13.9 Å². The van der Waals surface area contributed by atoms with Crippen molar-refractivity contribution in [3.05, 3.63) is 44.6 Å². The number of nitrogens with two attached hydrogens (primary N) is 1. The highest BCUT2D eigenvalue weighted by atomic mass is 16.2. The minimum Gasteiger partial charge on any atom is -0.326 e. The van der Waals surface area contributed by atoms with Gasteiger partial charge < -0.3 is 5.73 Å². The Labute approximate surface area is 104 Å². The number of rotatable bonds is 2. The van der Waals surface area contributed by atoms with Gasteiger partial charge in [0.1, 0.15) is 0 Å². The summed E-state index contributed by atoms with van der Waals surface area (Å²) >= 11 is 0. The monoisotopic (exact) mass is 247 g/mol. The molecular weight excluding hydrogens is 230 g/mol. The van der Waals surface area contributed by atoms with Crippen molar-refractivity contribution >= 4 is 10.9 Å². The van der Waals surface area contributed by atoms with Gasteiger partial charge in [0.25, 0.3) is 5.56 Å². The highest BCUT2D eigenvalue weighted by molar-refractivity contribution is 5.81. The summed E-state index contributed by atoms with van der Waals surface area (Å²) in [5.41, 5.74) is 6.63. The molecular formula is C13H17N3O2. The van der Waals surface area contributed by atoms with Crippen molar-refractivity contribution in [2.75, 3.05) is 0 Å². The lowest BCUT2D eigenvalue weighted by atomic mass is 10.1. The maximum Gasteiger partial charge on any atom is 0.331 e. The van der Waals surface area contributed by atoms with Gasteiger partial charge in [-0.05, 0) is 25.5 Å². The molecule has 1 heterocycles. The quantitative estimate of drug-likeness (QED) is 0.832. The molecule has 1 atom stereocenters. The molecule has 1 aromatic carbocycles. The first-order valence-electron chi connectivity index (χ1n) is 5.88. The van der Waals surface area contributed by atoms with E-state index < -0.39 is 0 Å². The molecule has 5 heteroatoms. The summed E-state index contributed by atoms with van der Waals surface area (Å²) in [4.78, 5) is 24.5. The molecule has 2 N–H and O–H groups in total. The second-order valence-electron chi connectivity index (χ2n) is 4.70. The van der Waals surface area contributed by atoms with Crippen LogP contribution in [0.1, 0.15) is 12.5 Å². The van der Waals surface area contributed by atoms with Crippen LogP contribution in [0.5, 0.6) is 0 Å². The van der Waals surface area contributed by atoms with Gasteiger partial charge in [0.2, 0.25) is 0 Å². The molecule has 0 amide bonds. The molecule has 0 aliphatic carbocycles. The van der Waals surface area contributed by atoms with Gasteiger partial charge in [-0.1, -0.05) is 12.1 Å². The minimum atomic E-state index is -0.324. The minimum absolute atomic E-state index is 0.232. The van der Waals surface area contributed by atoms with E-state index in [2.05, 4.69) is 0 Å². The van der Waals surface area contributed by atoms with Crippen LogP contribution in [0.3, 0.4) is 0 Å². The molecule has 0 bridgehead atoms. The number of nitrogens with zero attached hydrogens (tertiary/aromatic N) is 2. The van der Waals surface area contributed by atoms with Crippen molar-refractivity contribution in [1.82, 2.24) is 9.13 Å². The zero-order chi connectivity index (χ0) is 13.4. The number of aryl methyl sites for hydroxylation is 2. The van der Waals surface area contributed by atoms with E-state index in [1.165, 1.54) is 9.13 Å². The highest BCUT2D eigenvalue weighted by Gasteiger charge is 2.13. The van der Waals surface area contributed by atoms with Crippen molar-refractivity contribution < 1.29 is 0 Å². The Morgan fingerprint density at radius 3 is 2.61 bits per heavy atom. The number of fused-ring (bicyclic) bond motifs is 1. The van der Waals surface area contributed by atoms with Gasteiger partial charge in [-0.25, -0.2) is 4.79 Å². The summed E-state index contributed by atoms with van der Waals surface area (Å²) in [5.74, 6) is 0. The van der Waals surface area contributed by atoms with Gasteiger partial charge in [-0.15, -0.1) is 0 Å². The summed E-state index contributed by atoms with van der Waals surface area (Å²) in [6, 6.07) is 5.25. The number of benzene rings is 1. The van der Waals surface area contributed by atoms with Crippen molar-refractivity contribution in [1.29, 1.82) is 0 Å². The van der Waals surface area contributed by atoms with Crippen LogP contribution in [0, 0.1) is 6.92 Å². The Balaban J connectivity index is 2.94. The molecule has 1 unspecified atom stereocenters. The average molecular weight is 247 g/mol. The average Bonchev–Trinajstić information content (AvgIpc) is 2.31. The Morgan fingerprint density at radius 2 is 2.00 bits per heavy atom. The lowest BCUT2D eigenvalue weighted by Crippen LogP contribution is -2.43. The van der Waals surface area contributed by atoms with Gasteiger partial charge in [0, 0.05) is 19.6 Å². The van der Waals surface area contributed by atoms with Crippen molar-refractivity contribution in [3.8, 4) is 0 Å². The fourth-order valence-corrected chi connectivity index (χ4v) is 2.16. The normalized spacial score (nSPS) is 12.9. The molecule has 0 spiro atoms. The first-order valence-corrected chi connectivity index (χ1v) is 5.88. The second kappa shape index (κ2) is 4.42. The van der Waals surface area contributed by atoms with Crippen LogP contribution in [0.2, 0.25) is 0 Å². The van der Waals surface area contributed by atoms with E-state index in [4.69, 9.17) is 5.73 Å². The maximum absolute atomic E-state index is 12.4. The fourth-order valence-electron chi connectivity index (χ4n) is 2.16. The third-order valence-corrected chi connectivity index (χ3v) is 3.06. The summed E-state index contributed by atoms with van der Waals surface area (Å²) in [6.07, 6.45) is 0. The number of hydrogen-bond acceptors (Lipinski definition) is 3. The molecule has 0 aliphatic rings. The largest absolute Gasteiger partial charge is 0.331 e. The lowest BCUT2D eigenvalue weighted by molar-refractivity contribution is 0.537. The molecule has 0 fully saturated rings. The zero-order valence-electron chi connectivity index (χ0n) is 10.8. The standard InChI is InChI=1S/C13H17N3O2/c1-8-5-4-6-10-11(8)12(17)16(7-9(2)14)13(18)15(10)3/h4-6,9H,7,14H2,1-3H3. The molecule has 1 aromatic heterocycles. The van der Waals surface area contributed by atoms with Gasteiger partial charge in [0.15, 0.2) is 0 Å². The van der Waals surface area contributed by atoms with Gasteiger partial charge in [-0.2, -0.15) is 0 Å². The highest BCUT2D eigenvalue weighted by Crippen LogP contribution is 2.11. The van der Waals surface area contributed by atoms with Crippen LogP contribution in [-0.2, 0) is 13.6 Å². The number of hydrogen-bond donors (Lipinski definition) is 1. The Hall–Kier alpha value is -1.88.